The number of rotatable bonds is 9. The van der Waals surface area contributed by atoms with Crippen molar-refractivity contribution in [2.45, 2.75) is 50.5 Å². The van der Waals surface area contributed by atoms with Gasteiger partial charge in [0.15, 0.2) is 14.0 Å². The molecule has 1 aliphatic heterocycles. The summed E-state index contributed by atoms with van der Waals surface area (Å²) < 4.78 is 6.17. The summed E-state index contributed by atoms with van der Waals surface area (Å²) in [5.74, 6) is 2.66. The Hall–Kier alpha value is -1.44. The molecule has 1 heterocycles. The van der Waals surface area contributed by atoms with E-state index in [9.17, 15) is 0 Å². The molecule has 112 valence electrons. The largest absolute Gasteiger partial charge is 0.417 e. The Morgan fingerprint density at radius 1 is 1.19 bits per heavy atom. The molecule has 0 bridgehead atoms. The fourth-order valence-electron chi connectivity index (χ4n) is 2.32. The van der Waals surface area contributed by atoms with Crippen molar-refractivity contribution in [3.63, 3.8) is 0 Å². The van der Waals surface area contributed by atoms with Crippen molar-refractivity contribution in [2.24, 2.45) is 10.2 Å². The number of nitrogens with zero attached hydrogens (tertiary/aromatic N) is 2. The van der Waals surface area contributed by atoms with Crippen LogP contribution in [0.4, 0.5) is 0 Å². The molecule has 0 saturated heterocycles. The second-order valence-electron chi connectivity index (χ2n) is 6.23. The van der Waals surface area contributed by atoms with Gasteiger partial charge in [0.05, 0.1) is 0 Å². The van der Waals surface area contributed by atoms with Crippen LogP contribution in [0.15, 0.2) is 40.6 Å². The molecule has 3 nitrogen and oxygen atoms in total. The highest BCUT2D eigenvalue weighted by Crippen LogP contribution is 2.36. The monoisotopic (exact) mass is 300 g/mol. The molecule has 0 aliphatic carbocycles. The minimum Gasteiger partial charge on any atom is -0.417 e. The highest BCUT2D eigenvalue weighted by Gasteiger charge is 2.39. The standard InChI is InChI=1S/C17H24N2OSi/c1-4-5-12-17(18-19-17)13-14-20-21(2,3)15-11-16-9-7-6-8-10-16/h1,6-10H,5,11-15H2,2-3H3. The van der Waals surface area contributed by atoms with E-state index < -0.39 is 8.32 Å². The Bertz CT molecular complexity index is 513. The quantitative estimate of drug-likeness (QED) is 0.491. The Labute approximate surface area is 129 Å². The van der Waals surface area contributed by atoms with Gasteiger partial charge < -0.3 is 4.43 Å². The Morgan fingerprint density at radius 2 is 1.90 bits per heavy atom. The van der Waals surface area contributed by atoms with Crippen LogP contribution in [0.2, 0.25) is 19.1 Å². The SMILES string of the molecule is C#CCCC1(CCO[Si](C)(C)CCc2ccccc2)N=N1. The lowest BCUT2D eigenvalue weighted by molar-refractivity contribution is 0.274. The van der Waals surface area contributed by atoms with Crippen LogP contribution in [-0.4, -0.2) is 20.6 Å². The zero-order chi connectivity index (χ0) is 15.2. The number of hydrogen-bond acceptors (Lipinski definition) is 3. The second kappa shape index (κ2) is 7.01. The number of hydrogen-bond donors (Lipinski definition) is 0. The Morgan fingerprint density at radius 3 is 2.52 bits per heavy atom. The molecular formula is C17H24N2OSi. The molecule has 2 rings (SSSR count). The van der Waals surface area contributed by atoms with Gasteiger partial charge in [0.25, 0.3) is 0 Å². The molecule has 0 spiro atoms. The van der Waals surface area contributed by atoms with Crippen molar-refractivity contribution < 1.29 is 4.43 Å². The van der Waals surface area contributed by atoms with Crippen LogP contribution in [0.1, 0.15) is 24.8 Å². The van der Waals surface area contributed by atoms with Gasteiger partial charge in [-0.05, 0) is 31.1 Å². The lowest BCUT2D eigenvalue weighted by Crippen LogP contribution is -2.32. The van der Waals surface area contributed by atoms with Crippen molar-refractivity contribution in [3.8, 4) is 12.3 Å². The van der Waals surface area contributed by atoms with Crippen LogP contribution >= 0.6 is 0 Å². The van der Waals surface area contributed by atoms with Crippen molar-refractivity contribution in [1.29, 1.82) is 0 Å². The molecule has 1 aromatic carbocycles. The lowest BCUT2D eigenvalue weighted by atomic mass is 10.1. The number of terminal acetylenes is 1. The predicted molar refractivity (Wildman–Crippen MR) is 88.7 cm³/mol. The first kappa shape index (κ1) is 15.9. The fourth-order valence-corrected chi connectivity index (χ4v) is 4.01. The number of benzene rings is 1. The lowest BCUT2D eigenvalue weighted by Gasteiger charge is -2.23. The second-order valence-corrected chi connectivity index (χ2v) is 10.5. The van der Waals surface area contributed by atoms with Gasteiger partial charge in [-0.1, -0.05) is 30.3 Å². The normalized spacial score (nSPS) is 15.7. The topological polar surface area (TPSA) is 34.0 Å². The van der Waals surface area contributed by atoms with Crippen LogP contribution in [0.3, 0.4) is 0 Å². The van der Waals surface area contributed by atoms with E-state index in [2.05, 4.69) is 59.6 Å². The van der Waals surface area contributed by atoms with E-state index in [1.807, 2.05) is 0 Å². The highest BCUT2D eigenvalue weighted by molar-refractivity contribution is 6.71. The first-order chi connectivity index (χ1) is 10.1. The van der Waals surface area contributed by atoms with E-state index >= 15 is 0 Å². The first-order valence-electron chi connectivity index (χ1n) is 7.61. The van der Waals surface area contributed by atoms with E-state index in [-0.39, 0.29) is 5.66 Å². The van der Waals surface area contributed by atoms with E-state index in [0.717, 1.165) is 38.3 Å². The summed E-state index contributed by atoms with van der Waals surface area (Å²) in [5.41, 5.74) is 1.18. The molecule has 21 heavy (non-hydrogen) atoms. The van der Waals surface area contributed by atoms with Gasteiger partial charge >= 0.3 is 0 Å². The Kier molecular flexibility index (Phi) is 5.32. The molecule has 1 aromatic rings. The van der Waals surface area contributed by atoms with E-state index in [1.165, 1.54) is 5.56 Å². The van der Waals surface area contributed by atoms with Crippen molar-refractivity contribution in [1.82, 2.24) is 0 Å². The maximum atomic E-state index is 6.17. The molecule has 0 N–H and O–H groups in total. The fraction of sp³-hybridized carbons (Fsp3) is 0.529. The molecule has 0 atom stereocenters. The van der Waals surface area contributed by atoms with Crippen molar-refractivity contribution in [2.75, 3.05) is 6.61 Å². The third-order valence-electron chi connectivity index (χ3n) is 3.91. The molecule has 0 saturated carbocycles. The molecule has 0 unspecified atom stereocenters. The average Bonchev–Trinajstić information content (AvgIpc) is 3.24. The van der Waals surface area contributed by atoms with Crippen molar-refractivity contribution >= 4 is 8.32 Å². The van der Waals surface area contributed by atoms with Gasteiger partial charge in [-0.15, -0.1) is 12.3 Å². The molecule has 0 aromatic heterocycles. The summed E-state index contributed by atoms with van der Waals surface area (Å²) in [7, 11) is -1.61. The average molecular weight is 300 g/mol. The van der Waals surface area contributed by atoms with Gasteiger partial charge in [0, 0.05) is 25.9 Å². The van der Waals surface area contributed by atoms with Gasteiger partial charge in [-0.3, -0.25) is 0 Å². The van der Waals surface area contributed by atoms with Crippen LogP contribution in [0.25, 0.3) is 0 Å². The Balaban J connectivity index is 1.68. The van der Waals surface area contributed by atoms with E-state index in [0.29, 0.717) is 0 Å². The maximum Gasteiger partial charge on any atom is 0.194 e. The van der Waals surface area contributed by atoms with Gasteiger partial charge in [-0.25, -0.2) is 0 Å². The molecule has 1 aliphatic rings. The summed E-state index contributed by atoms with van der Waals surface area (Å²) in [6.07, 6.45) is 8.86. The maximum absolute atomic E-state index is 6.17. The molecule has 0 amide bonds. The first-order valence-corrected chi connectivity index (χ1v) is 10.7. The van der Waals surface area contributed by atoms with Crippen LogP contribution in [-0.2, 0) is 10.8 Å². The summed E-state index contributed by atoms with van der Waals surface area (Å²) >= 11 is 0. The third kappa shape index (κ3) is 5.45. The van der Waals surface area contributed by atoms with Crippen LogP contribution in [0, 0.1) is 12.3 Å². The summed E-state index contributed by atoms with van der Waals surface area (Å²) in [6.45, 7) is 5.31. The van der Waals surface area contributed by atoms with Gasteiger partial charge in [0.1, 0.15) is 0 Å². The zero-order valence-corrected chi connectivity index (χ0v) is 14.0. The highest BCUT2D eigenvalue weighted by atomic mass is 28.4. The van der Waals surface area contributed by atoms with Gasteiger partial charge in [-0.2, -0.15) is 10.2 Å². The molecule has 0 fully saturated rings. The smallest absolute Gasteiger partial charge is 0.194 e. The van der Waals surface area contributed by atoms with E-state index in [4.69, 9.17) is 10.8 Å². The molecular weight excluding hydrogens is 276 g/mol. The zero-order valence-electron chi connectivity index (χ0n) is 13.0. The third-order valence-corrected chi connectivity index (χ3v) is 6.35. The van der Waals surface area contributed by atoms with Gasteiger partial charge in [0.2, 0.25) is 0 Å². The minimum absolute atomic E-state index is 0.212. The van der Waals surface area contributed by atoms with Crippen molar-refractivity contribution in [3.05, 3.63) is 35.9 Å². The molecule has 4 heteroatoms. The van der Waals surface area contributed by atoms with Crippen LogP contribution in [0.5, 0.6) is 0 Å². The van der Waals surface area contributed by atoms with E-state index in [1.54, 1.807) is 0 Å². The summed E-state index contributed by atoms with van der Waals surface area (Å²) in [6, 6.07) is 11.7. The summed E-state index contributed by atoms with van der Waals surface area (Å²) in [5, 5.41) is 8.30. The summed E-state index contributed by atoms with van der Waals surface area (Å²) in [4.78, 5) is 0. The minimum atomic E-state index is -1.61. The molecule has 0 radical (unpaired) electrons. The van der Waals surface area contributed by atoms with Crippen LogP contribution < -0.4 is 0 Å². The predicted octanol–water partition coefficient (Wildman–Crippen LogP) is 4.42. The number of aryl methyl sites for hydroxylation is 1.